The number of benzene rings is 2. The van der Waals surface area contributed by atoms with E-state index in [2.05, 4.69) is 59.6 Å². The number of amides is 4. The van der Waals surface area contributed by atoms with E-state index in [-0.39, 0.29) is 61.9 Å². The highest BCUT2D eigenvalue weighted by atomic mass is 16.5. The summed E-state index contributed by atoms with van der Waals surface area (Å²) in [5.41, 5.74) is 9.49. The maximum atomic E-state index is 14.7. The SMILES string of the molecule is CC[C@@H]1N[C@H]1C(=O)N(C)CC(=O)N(C)[C@H](C(=O)N[C@H]1Cc2cc(O)cc(c2)-c2ccc3c(c2)c(c(-c2cccnc2[C@H](C)OC)n3CC)CC(C)(C)COC(=O)[C@@H]2CCCN(N2)C1=O)C(C)C. The van der Waals surface area contributed by atoms with Crippen molar-refractivity contribution in [3.05, 3.63) is 71.5 Å². The van der Waals surface area contributed by atoms with E-state index in [0.717, 1.165) is 45.4 Å². The van der Waals surface area contributed by atoms with E-state index in [9.17, 15) is 29.1 Å². The first-order valence-corrected chi connectivity index (χ1v) is 23.6. The van der Waals surface area contributed by atoms with Crippen LogP contribution in [0.5, 0.6) is 5.75 Å². The van der Waals surface area contributed by atoms with E-state index in [1.807, 2.05) is 45.9 Å². The molecule has 2 aromatic carbocycles. The Morgan fingerprint density at radius 3 is 2.51 bits per heavy atom. The molecule has 0 radical (unpaired) electrons. The Hall–Kier alpha value is -5.84. The van der Waals surface area contributed by atoms with Crippen LogP contribution in [-0.2, 0) is 52.8 Å². The largest absolute Gasteiger partial charge is 0.508 e. The van der Waals surface area contributed by atoms with Gasteiger partial charge in [-0.25, -0.2) is 5.43 Å². The average molecular weight is 921 g/mol. The summed E-state index contributed by atoms with van der Waals surface area (Å²) in [6, 6.07) is 12.2. The van der Waals surface area contributed by atoms with Gasteiger partial charge in [0, 0.05) is 74.8 Å². The molecule has 0 aliphatic carbocycles. The van der Waals surface area contributed by atoms with E-state index < -0.39 is 47.2 Å². The number of phenolic OH excluding ortho intramolecular Hbond substituents is 1. The fourth-order valence-electron chi connectivity index (χ4n) is 9.81. The molecule has 4 amide bonds. The molecule has 6 atom stereocenters. The summed E-state index contributed by atoms with van der Waals surface area (Å²) in [5, 5.41) is 19.8. The van der Waals surface area contributed by atoms with Gasteiger partial charge < -0.3 is 34.3 Å². The Kier molecular flexibility index (Phi) is 14.8. The van der Waals surface area contributed by atoms with Crippen molar-refractivity contribution in [3.63, 3.8) is 0 Å². The van der Waals surface area contributed by atoms with Gasteiger partial charge in [-0.15, -0.1) is 0 Å². The van der Waals surface area contributed by atoms with Gasteiger partial charge in [0.15, 0.2) is 0 Å². The first kappa shape index (κ1) is 49.1. The number of likely N-dealkylation sites (N-methyl/N-ethyl adjacent to an activating group) is 2. The van der Waals surface area contributed by atoms with Crippen LogP contribution < -0.4 is 16.1 Å². The summed E-state index contributed by atoms with van der Waals surface area (Å²) >= 11 is 0. The number of aromatic nitrogens is 2. The quantitative estimate of drug-likeness (QED) is 0.108. The Balaban J connectivity index is 1.29. The zero-order valence-corrected chi connectivity index (χ0v) is 40.6. The number of methoxy groups -OCH3 is 1. The molecule has 16 nitrogen and oxygen atoms in total. The van der Waals surface area contributed by atoms with Crippen LogP contribution >= 0.6 is 0 Å². The van der Waals surface area contributed by atoms with Gasteiger partial charge in [-0.05, 0) is 104 Å². The number of nitrogens with one attached hydrogen (secondary N) is 3. The van der Waals surface area contributed by atoms with Crippen molar-refractivity contribution in [3.8, 4) is 28.1 Å². The molecular formula is C51H68N8O8. The average Bonchev–Trinajstić information content (AvgIpc) is 4.04. The second kappa shape index (κ2) is 20.2. The highest BCUT2D eigenvalue weighted by molar-refractivity contribution is 5.96. The number of hydrogen-bond acceptors (Lipinski definition) is 11. The van der Waals surface area contributed by atoms with E-state index in [0.29, 0.717) is 36.9 Å². The minimum absolute atomic E-state index is 0.0177. The smallest absolute Gasteiger partial charge is 0.324 e. The molecule has 7 rings (SSSR count). The molecule has 4 aromatic rings. The molecule has 4 N–H and O–H groups in total. The van der Waals surface area contributed by atoms with Crippen LogP contribution in [0.3, 0.4) is 0 Å². The van der Waals surface area contributed by atoms with E-state index in [1.54, 1.807) is 32.5 Å². The van der Waals surface area contributed by atoms with Gasteiger partial charge >= 0.3 is 5.97 Å². The lowest BCUT2D eigenvalue weighted by molar-refractivity contribution is -0.155. The Bertz CT molecular complexity index is 2520. The van der Waals surface area contributed by atoms with Gasteiger partial charge in [0.05, 0.1) is 30.6 Å². The zero-order valence-electron chi connectivity index (χ0n) is 40.6. The minimum Gasteiger partial charge on any atom is -0.508 e. The van der Waals surface area contributed by atoms with Gasteiger partial charge in [-0.2, -0.15) is 0 Å². The number of hydrazine groups is 1. The fraction of sp³-hybridized carbons (Fsp3) is 0.529. The molecule has 2 saturated heterocycles. The number of nitrogens with zero attached hydrogens (tertiary/aromatic N) is 5. The van der Waals surface area contributed by atoms with Gasteiger partial charge in [-0.3, -0.25) is 39.3 Å². The molecular weight excluding hydrogens is 853 g/mol. The maximum absolute atomic E-state index is 14.7. The lowest BCUT2D eigenvalue weighted by atomic mass is 9.84. The minimum atomic E-state index is -1.18. The summed E-state index contributed by atoms with van der Waals surface area (Å²) in [7, 11) is 4.77. The lowest BCUT2D eigenvalue weighted by Gasteiger charge is -2.37. The number of phenols is 1. The number of fused-ring (bicyclic) bond motifs is 6. The normalized spacial score (nSPS) is 21.6. The molecule has 6 bridgehead atoms. The van der Waals surface area contributed by atoms with Crippen molar-refractivity contribution in [2.75, 3.05) is 40.9 Å². The summed E-state index contributed by atoms with van der Waals surface area (Å²) in [4.78, 5) is 77.3. The van der Waals surface area contributed by atoms with Crippen molar-refractivity contribution >= 4 is 40.5 Å². The molecule has 67 heavy (non-hydrogen) atoms. The standard InChI is InChI=1S/C51H68N8O8/c1-11-38-44(53-38)49(64)56(8)27-42(61)57(9)45(29(3)4)47(62)54-40-23-31-21-33(24-34(60)22-31)32-17-18-41-36(25-32)37(46(58(41)12-2)35-15-13-19-52-43(35)30(5)66-10)26-51(6,7)28-67-50(65)39-16-14-20-59(55-39)48(40)63/h13,15,17-19,21-22,24-25,29-30,38-40,44-45,53,55,60H,11-12,14,16,20,23,26-28H2,1-10H3,(H,54,62)/t30-,38-,39-,40-,44+,45-/m0/s1. The molecule has 2 fully saturated rings. The molecule has 16 heteroatoms. The molecule has 360 valence electrons. The molecule has 0 spiro atoms. The van der Waals surface area contributed by atoms with Crippen LogP contribution in [0.1, 0.15) is 90.7 Å². The highest BCUT2D eigenvalue weighted by Gasteiger charge is 2.43. The monoisotopic (exact) mass is 921 g/mol. The lowest BCUT2D eigenvalue weighted by Crippen LogP contribution is -2.62. The van der Waals surface area contributed by atoms with Crippen LogP contribution in [0, 0.1) is 11.3 Å². The molecule has 2 aromatic heterocycles. The van der Waals surface area contributed by atoms with E-state index in [4.69, 9.17) is 14.5 Å². The number of pyridine rings is 1. The molecule has 5 heterocycles. The van der Waals surface area contributed by atoms with E-state index in [1.165, 1.54) is 21.9 Å². The molecule has 3 aliphatic rings. The summed E-state index contributed by atoms with van der Waals surface area (Å²) in [6.07, 6.45) is 3.73. The van der Waals surface area contributed by atoms with E-state index >= 15 is 0 Å². The predicted molar refractivity (Wildman–Crippen MR) is 255 cm³/mol. The van der Waals surface area contributed by atoms with Crippen molar-refractivity contribution < 1.29 is 38.6 Å². The van der Waals surface area contributed by atoms with Crippen LogP contribution in [0.15, 0.2) is 54.7 Å². The highest BCUT2D eigenvalue weighted by Crippen LogP contribution is 2.42. The third-order valence-corrected chi connectivity index (χ3v) is 13.5. The first-order chi connectivity index (χ1) is 31.9. The molecule has 3 aliphatic heterocycles. The second-order valence-corrected chi connectivity index (χ2v) is 19.6. The number of carbonyl (C=O) groups is 5. The number of esters is 1. The summed E-state index contributed by atoms with van der Waals surface area (Å²) in [5.74, 6) is -2.54. The number of aromatic hydroxyl groups is 1. The van der Waals surface area contributed by atoms with Crippen LogP contribution in [0.4, 0.5) is 0 Å². The van der Waals surface area contributed by atoms with Crippen LogP contribution in [0.2, 0.25) is 0 Å². The molecule has 0 unspecified atom stereocenters. The number of rotatable bonds is 12. The number of hydrogen-bond donors (Lipinski definition) is 4. The third-order valence-electron chi connectivity index (χ3n) is 13.5. The van der Waals surface area contributed by atoms with Crippen molar-refractivity contribution in [1.29, 1.82) is 0 Å². The van der Waals surface area contributed by atoms with Crippen molar-refractivity contribution in [1.82, 2.24) is 40.4 Å². The Morgan fingerprint density at radius 2 is 1.82 bits per heavy atom. The predicted octanol–water partition coefficient (Wildman–Crippen LogP) is 5.14. The topological polar surface area (TPSA) is 198 Å². The van der Waals surface area contributed by atoms with Crippen molar-refractivity contribution in [2.45, 2.75) is 123 Å². The maximum Gasteiger partial charge on any atom is 0.324 e. The second-order valence-electron chi connectivity index (χ2n) is 19.6. The zero-order chi connectivity index (χ0) is 48.5. The summed E-state index contributed by atoms with van der Waals surface area (Å²) < 4.78 is 14.2. The number of aryl methyl sites for hydroxylation is 1. The number of cyclic esters (lactones) is 1. The fourth-order valence-corrected chi connectivity index (χ4v) is 9.81. The van der Waals surface area contributed by atoms with Gasteiger partial charge in [0.2, 0.25) is 17.7 Å². The Labute approximate surface area is 393 Å². The van der Waals surface area contributed by atoms with Gasteiger partial charge in [0.25, 0.3) is 5.91 Å². The first-order valence-electron chi connectivity index (χ1n) is 23.6. The van der Waals surface area contributed by atoms with Crippen LogP contribution in [0.25, 0.3) is 33.3 Å². The summed E-state index contributed by atoms with van der Waals surface area (Å²) in [6.45, 7) is 14.7. The van der Waals surface area contributed by atoms with Gasteiger partial charge in [0.1, 0.15) is 29.9 Å². The number of carbonyl (C=O) groups excluding carboxylic acids is 5. The Morgan fingerprint density at radius 1 is 1.06 bits per heavy atom. The molecule has 0 saturated carbocycles. The van der Waals surface area contributed by atoms with Gasteiger partial charge in [-0.1, -0.05) is 46.8 Å². The third kappa shape index (κ3) is 10.5. The van der Waals surface area contributed by atoms with Crippen molar-refractivity contribution in [2.24, 2.45) is 11.3 Å². The number of ether oxygens (including phenoxy) is 2. The van der Waals surface area contributed by atoms with Crippen LogP contribution in [-0.4, -0.2) is 130 Å².